The molecule has 4 rings (SSSR count). The van der Waals surface area contributed by atoms with Crippen LogP contribution in [0.4, 0.5) is 0 Å². The Kier molecular flexibility index (Phi) is 5.70. The average molecular weight is 510 g/mol. The Labute approximate surface area is 176 Å². The van der Waals surface area contributed by atoms with E-state index in [1.807, 2.05) is 0 Å². The fourth-order valence-corrected chi connectivity index (χ4v) is 32.4. The van der Waals surface area contributed by atoms with Crippen LogP contribution in [0.2, 0.25) is 13.1 Å². The van der Waals surface area contributed by atoms with Crippen LogP contribution in [-0.2, 0) is 15.6 Å². The second-order valence-electron chi connectivity index (χ2n) is 8.43. The second kappa shape index (κ2) is 7.67. The van der Waals surface area contributed by atoms with Gasteiger partial charge in [0, 0.05) is 0 Å². The molecule has 1 nitrogen and oxygen atoms in total. The van der Waals surface area contributed by atoms with Crippen LogP contribution in [0, 0.1) is 0 Å². The molecular weight excluding hydrogens is 482 g/mol. The van der Waals surface area contributed by atoms with Crippen molar-refractivity contribution >= 4 is 34.6 Å². The zero-order chi connectivity index (χ0) is 20.0. The molecule has 0 bridgehead atoms. The van der Waals surface area contributed by atoms with Gasteiger partial charge in [0.25, 0.3) is 0 Å². The fraction of sp³-hybridized carbons (Fsp3) is 0.304. The molecule has 28 heavy (non-hydrogen) atoms. The van der Waals surface area contributed by atoms with E-state index in [4.69, 9.17) is 17.0 Å². The van der Waals surface area contributed by atoms with Crippen molar-refractivity contribution in [2.24, 2.45) is 0 Å². The van der Waals surface area contributed by atoms with Gasteiger partial charge in [0.2, 0.25) is 0 Å². The molecule has 0 saturated heterocycles. The molecule has 2 aromatic carbocycles. The number of benzene rings is 2. The van der Waals surface area contributed by atoms with Gasteiger partial charge in [-0.15, -0.1) is 0 Å². The zero-order valence-electron chi connectivity index (χ0n) is 16.4. The molecule has 147 valence electrons. The molecule has 0 radical (unpaired) electrons. The first kappa shape index (κ1) is 20.8. The van der Waals surface area contributed by atoms with E-state index < -0.39 is 21.5 Å². The minimum absolute atomic E-state index is 0.141. The Bertz CT molecular complexity index is 967. The molecule has 2 aliphatic rings. The first-order valence-corrected chi connectivity index (χ1v) is 26.4. The Balaban J connectivity index is 1.89. The first-order valence-electron chi connectivity index (χ1n) is 10.1. The van der Waals surface area contributed by atoms with Crippen molar-refractivity contribution in [1.82, 2.24) is 0 Å². The fourth-order valence-electron chi connectivity index (χ4n) is 5.03. The van der Waals surface area contributed by atoms with Gasteiger partial charge in [-0.2, -0.15) is 0 Å². The number of fused-ring (bicyclic) bond motifs is 2. The number of allylic oxidation sites excluding steroid dienone is 3. The summed E-state index contributed by atoms with van der Waals surface area (Å²) in [5.74, 6) is -1.40. The topological polar surface area (TPSA) is 20.2 Å². The zero-order valence-corrected chi connectivity index (χ0v) is 21.5. The van der Waals surface area contributed by atoms with E-state index >= 15 is 0 Å². The summed E-state index contributed by atoms with van der Waals surface area (Å²) in [5, 5.41) is 9.35. The third kappa shape index (κ3) is 3.10. The average Bonchev–Trinajstić information content (AvgIpc) is 3.29. The number of hydrogen-bond acceptors (Lipinski definition) is 1. The molecule has 2 unspecified atom stereocenters. The summed E-state index contributed by atoms with van der Waals surface area (Å²) in [7, 11) is 15.8. The molecule has 0 aliphatic heterocycles. The molecule has 0 saturated carbocycles. The number of aliphatic hydroxyl groups excluding tert-OH is 1. The van der Waals surface area contributed by atoms with Crippen molar-refractivity contribution < 1.29 is 20.7 Å². The maximum atomic E-state index is 9.35. The molecule has 0 amide bonds. The van der Waals surface area contributed by atoms with E-state index in [0.717, 1.165) is 12.8 Å². The van der Waals surface area contributed by atoms with Crippen LogP contribution in [0.15, 0.2) is 60.7 Å². The summed E-state index contributed by atoms with van der Waals surface area (Å²) in [6.07, 6.45) is 8.54. The third-order valence-electron chi connectivity index (χ3n) is 6.70. The van der Waals surface area contributed by atoms with Crippen LogP contribution in [0.3, 0.4) is 0 Å². The SMILES string of the molecule is C[SiH](C)[Zr]([Cl])([Cl])([CH]1C=Cc2ccccc21)[CH]1C=C(CCCO)c2ccccc21. The Hall–Kier alpha value is -0.440. The molecule has 2 atom stereocenters. The number of hydrogen-bond donors (Lipinski definition) is 1. The van der Waals surface area contributed by atoms with Gasteiger partial charge in [-0.05, 0) is 0 Å². The van der Waals surface area contributed by atoms with E-state index in [1.54, 1.807) is 0 Å². The second-order valence-corrected chi connectivity index (χ2v) is 51.2. The van der Waals surface area contributed by atoms with Crippen LogP contribution >= 0.6 is 17.0 Å². The van der Waals surface area contributed by atoms with Crippen molar-refractivity contribution in [2.75, 3.05) is 6.61 Å². The Morgan fingerprint density at radius 1 is 0.964 bits per heavy atom. The molecule has 0 aromatic heterocycles. The third-order valence-corrected chi connectivity index (χ3v) is 58.7. The summed E-state index contributed by atoms with van der Waals surface area (Å²) >= 11 is -4.34. The monoisotopic (exact) mass is 507 g/mol. The summed E-state index contributed by atoms with van der Waals surface area (Å²) in [6.45, 7) is 4.91. The quantitative estimate of drug-likeness (QED) is 0.433. The summed E-state index contributed by atoms with van der Waals surface area (Å²) in [6, 6.07) is 17.2. The molecule has 5 heteroatoms. The van der Waals surface area contributed by atoms with Crippen molar-refractivity contribution in [3.05, 3.63) is 82.9 Å². The molecule has 2 aliphatic carbocycles. The van der Waals surface area contributed by atoms with E-state index in [2.05, 4.69) is 79.9 Å². The van der Waals surface area contributed by atoms with Crippen molar-refractivity contribution in [3.8, 4) is 0 Å². The Morgan fingerprint density at radius 3 is 2.36 bits per heavy atom. The van der Waals surface area contributed by atoms with Gasteiger partial charge in [0.15, 0.2) is 0 Å². The minimum atomic E-state index is -4.34. The van der Waals surface area contributed by atoms with Gasteiger partial charge in [-0.3, -0.25) is 0 Å². The van der Waals surface area contributed by atoms with Gasteiger partial charge in [-0.1, -0.05) is 0 Å². The van der Waals surface area contributed by atoms with E-state index in [1.165, 1.54) is 27.8 Å². The van der Waals surface area contributed by atoms with Crippen molar-refractivity contribution in [2.45, 2.75) is 33.2 Å². The van der Waals surface area contributed by atoms with E-state index in [-0.39, 0.29) is 13.9 Å². The Morgan fingerprint density at radius 2 is 1.64 bits per heavy atom. The van der Waals surface area contributed by atoms with E-state index in [0.29, 0.717) is 0 Å². The molecule has 0 heterocycles. The predicted molar refractivity (Wildman–Crippen MR) is 122 cm³/mol. The van der Waals surface area contributed by atoms with Crippen LogP contribution in [0.5, 0.6) is 0 Å². The van der Waals surface area contributed by atoms with Crippen LogP contribution in [-0.4, -0.2) is 17.6 Å². The van der Waals surface area contributed by atoms with Gasteiger partial charge >= 0.3 is 178 Å². The van der Waals surface area contributed by atoms with Crippen molar-refractivity contribution in [1.29, 1.82) is 0 Å². The summed E-state index contributed by atoms with van der Waals surface area (Å²) in [4.78, 5) is 0. The van der Waals surface area contributed by atoms with E-state index in [9.17, 15) is 5.11 Å². The van der Waals surface area contributed by atoms with Crippen LogP contribution in [0.25, 0.3) is 11.6 Å². The standard InChI is InChI=1S/C12H13O.C9H7.C2H7Si.2ClH.Zr/c13-9-3-5-11-8-7-10-4-1-2-6-12(10)11;1-2-5-9-7-3-6-8(9)4-1;1-3-2;;;/h1-2,4,6-8,13H,3,5,9H2;1-7H;3H,1-2H3;2*1H;/q;;;;;+2/p-2. The first-order chi connectivity index (χ1) is 13.4. The van der Waals surface area contributed by atoms with Crippen molar-refractivity contribution in [3.63, 3.8) is 0 Å². The maximum absolute atomic E-state index is 9.35. The summed E-state index contributed by atoms with van der Waals surface area (Å²) in [5.41, 5.74) is 6.48. The molecule has 2 aromatic rings. The molecule has 0 spiro atoms. The normalized spacial score (nSPS) is 21.9. The number of rotatable bonds is 6. The van der Waals surface area contributed by atoms with Crippen LogP contribution < -0.4 is 0 Å². The molecule has 0 fully saturated rings. The van der Waals surface area contributed by atoms with Gasteiger partial charge in [0.05, 0.1) is 0 Å². The van der Waals surface area contributed by atoms with Gasteiger partial charge < -0.3 is 0 Å². The molecular formula is C23H27Cl2OSiZr. The van der Waals surface area contributed by atoms with Crippen LogP contribution in [0.1, 0.15) is 42.3 Å². The molecule has 1 N–H and O–H groups in total. The van der Waals surface area contributed by atoms with Gasteiger partial charge in [0.1, 0.15) is 0 Å². The predicted octanol–water partition coefficient (Wildman–Crippen LogP) is 6.65. The number of halogens is 2. The van der Waals surface area contributed by atoms with Gasteiger partial charge in [-0.25, -0.2) is 0 Å². The summed E-state index contributed by atoms with van der Waals surface area (Å²) < 4.78 is 0.307. The number of aliphatic hydroxyl groups is 1.